The monoisotopic (exact) mass is 335 g/mol. The number of anilines is 1. The Morgan fingerprint density at radius 3 is 2.43 bits per heavy atom. The lowest BCUT2D eigenvalue weighted by Gasteiger charge is -2.19. The van der Waals surface area contributed by atoms with Crippen LogP contribution in [0.4, 0.5) is 5.82 Å². The van der Waals surface area contributed by atoms with Crippen LogP contribution in [0.3, 0.4) is 0 Å². The standard InChI is InChI=1S/C16H18ClN3O3/c17-10-5-6-13(18-9-10)19-14(21)7-8-20-15(22)11-3-1-2-4-12(11)16(20)23/h5-6,9,11-12H,1-4,7-8H2,(H,18,19,21)/t11-,12+. The number of rotatable bonds is 4. The predicted octanol–water partition coefficient (Wildman–Crippen LogP) is 2.24. The Hall–Kier alpha value is -1.95. The maximum Gasteiger partial charge on any atom is 0.233 e. The maximum absolute atomic E-state index is 12.3. The molecule has 6 nitrogen and oxygen atoms in total. The van der Waals surface area contributed by atoms with Crippen molar-refractivity contribution in [2.45, 2.75) is 32.1 Å². The van der Waals surface area contributed by atoms with Gasteiger partial charge in [0, 0.05) is 19.2 Å². The molecule has 23 heavy (non-hydrogen) atoms. The molecule has 1 aromatic rings. The third kappa shape index (κ3) is 3.37. The van der Waals surface area contributed by atoms with Crippen molar-refractivity contribution in [3.05, 3.63) is 23.4 Å². The molecular formula is C16H18ClN3O3. The van der Waals surface area contributed by atoms with Gasteiger partial charge < -0.3 is 5.32 Å². The number of amides is 3. The average molecular weight is 336 g/mol. The molecule has 3 rings (SSSR count). The first-order valence-electron chi connectivity index (χ1n) is 7.83. The average Bonchev–Trinajstić information content (AvgIpc) is 2.80. The predicted molar refractivity (Wildman–Crippen MR) is 84.7 cm³/mol. The van der Waals surface area contributed by atoms with E-state index in [0.29, 0.717) is 10.8 Å². The number of aromatic nitrogens is 1. The van der Waals surface area contributed by atoms with E-state index in [2.05, 4.69) is 10.3 Å². The number of nitrogens with zero attached hydrogens (tertiary/aromatic N) is 2. The summed E-state index contributed by atoms with van der Waals surface area (Å²) in [5.41, 5.74) is 0. The Morgan fingerprint density at radius 1 is 1.22 bits per heavy atom. The lowest BCUT2D eigenvalue weighted by Crippen LogP contribution is -2.34. The fourth-order valence-electron chi connectivity index (χ4n) is 3.32. The molecule has 0 unspecified atom stereocenters. The number of hydrogen-bond donors (Lipinski definition) is 1. The smallest absolute Gasteiger partial charge is 0.233 e. The van der Waals surface area contributed by atoms with Crippen molar-refractivity contribution >= 4 is 35.1 Å². The van der Waals surface area contributed by atoms with Gasteiger partial charge in [0.05, 0.1) is 16.9 Å². The van der Waals surface area contributed by atoms with Gasteiger partial charge in [-0.3, -0.25) is 19.3 Å². The molecular weight excluding hydrogens is 318 g/mol. The third-order valence-electron chi connectivity index (χ3n) is 4.49. The lowest BCUT2D eigenvalue weighted by molar-refractivity contribution is -0.140. The Morgan fingerprint density at radius 2 is 1.87 bits per heavy atom. The highest BCUT2D eigenvalue weighted by Crippen LogP contribution is 2.37. The summed E-state index contributed by atoms with van der Waals surface area (Å²) in [6, 6.07) is 3.23. The number of fused-ring (bicyclic) bond motifs is 1. The first-order chi connectivity index (χ1) is 11.1. The molecule has 2 heterocycles. The van der Waals surface area contributed by atoms with Crippen LogP contribution in [-0.4, -0.2) is 34.2 Å². The van der Waals surface area contributed by atoms with Crippen molar-refractivity contribution in [1.29, 1.82) is 0 Å². The van der Waals surface area contributed by atoms with E-state index in [9.17, 15) is 14.4 Å². The zero-order chi connectivity index (χ0) is 16.4. The van der Waals surface area contributed by atoms with E-state index in [1.165, 1.54) is 11.1 Å². The zero-order valence-electron chi connectivity index (χ0n) is 12.6. The van der Waals surface area contributed by atoms with E-state index in [1.54, 1.807) is 12.1 Å². The van der Waals surface area contributed by atoms with Crippen molar-refractivity contribution in [2.24, 2.45) is 11.8 Å². The molecule has 0 aromatic carbocycles. The lowest BCUT2D eigenvalue weighted by atomic mass is 9.81. The third-order valence-corrected chi connectivity index (χ3v) is 4.71. The quantitative estimate of drug-likeness (QED) is 0.856. The van der Waals surface area contributed by atoms with Crippen molar-refractivity contribution in [3.63, 3.8) is 0 Å². The number of imide groups is 1. The zero-order valence-corrected chi connectivity index (χ0v) is 13.4. The minimum Gasteiger partial charge on any atom is -0.311 e. The van der Waals surface area contributed by atoms with Gasteiger partial charge >= 0.3 is 0 Å². The molecule has 122 valence electrons. The molecule has 1 saturated carbocycles. The molecule has 0 radical (unpaired) electrons. The van der Waals surface area contributed by atoms with Crippen molar-refractivity contribution in [1.82, 2.24) is 9.88 Å². The largest absolute Gasteiger partial charge is 0.311 e. The number of pyridine rings is 1. The van der Waals surface area contributed by atoms with Gasteiger partial charge in [-0.05, 0) is 25.0 Å². The Labute approximate surface area is 139 Å². The van der Waals surface area contributed by atoms with Crippen molar-refractivity contribution in [3.8, 4) is 0 Å². The van der Waals surface area contributed by atoms with Crippen LogP contribution in [0.2, 0.25) is 5.02 Å². The van der Waals surface area contributed by atoms with Crippen molar-refractivity contribution < 1.29 is 14.4 Å². The number of carbonyl (C=O) groups is 3. The molecule has 2 fully saturated rings. The van der Waals surface area contributed by atoms with E-state index in [-0.39, 0.29) is 42.5 Å². The summed E-state index contributed by atoms with van der Waals surface area (Å²) in [5, 5.41) is 3.11. The molecule has 0 spiro atoms. The van der Waals surface area contributed by atoms with Crippen LogP contribution in [0, 0.1) is 11.8 Å². The van der Waals surface area contributed by atoms with Crippen LogP contribution in [0.25, 0.3) is 0 Å². The number of likely N-dealkylation sites (tertiary alicyclic amines) is 1. The molecule has 1 aliphatic heterocycles. The van der Waals surface area contributed by atoms with Gasteiger partial charge in [-0.2, -0.15) is 0 Å². The molecule has 1 aliphatic carbocycles. The summed E-state index contributed by atoms with van der Waals surface area (Å²) in [6.07, 6.45) is 5.07. The summed E-state index contributed by atoms with van der Waals surface area (Å²) in [5.74, 6) is -0.453. The van der Waals surface area contributed by atoms with Crippen LogP contribution in [-0.2, 0) is 14.4 Å². The number of carbonyl (C=O) groups excluding carboxylic acids is 3. The summed E-state index contributed by atoms with van der Waals surface area (Å²) in [7, 11) is 0. The van der Waals surface area contributed by atoms with Gasteiger partial charge in [0.25, 0.3) is 0 Å². The molecule has 7 heteroatoms. The number of halogens is 1. The second kappa shape index (κ2) is 6.66. The highest BCUT2D eigenvalue weighted by Gasteiger charge is 2.47. The molecule has 2 aliphatic rings. The van der Waals surface area contributed by atoms with Gasteiger partial charge in [-0.1, -0.05) is 24.4 Å². The summed E-state index contributed by atoms with van der Waals surface area (Å²) in [4.78, 5) is 41.8. The van der Waals surface area contributed by atoms with Crippen LogP contribution >= 0.6 is 11.6 Å². The Balaban J connectivity index is 1.55. The fourth-order valence-corrected chi connectivity index (χ4v) is 3.43. The van der Waals surface area contributed by atoms with Gasteiger partial charge in [0.2, 0.25) is 17.7 Å². The molecule has 0 bridgehead atoms. The second-order valence-electron chi connectivity index (χ2n) is 5.99. The number of hydrogen-bond acceptors (Lipinski definition) is 4. The summed E-state index contributed by atoms with van der Waals surface area (Å²) < 4.78 is 0. The second-order valence-corrected chi connectivity index (χ2v) is 6.42. The Kier molecular flexibility index (Phi) is 4.61. The Bertz CT molecular complexity index is 608. The first-order valence-corrected chi connectivity index (χ1v) is 8.20. The molecule has 3 amide bonds. The van der Waals surface area contributed by atoms with Crippen LogP contribution in [0.15, 0.2) is 18.3 Å². The van der Waals surface area contributed by atoms with E-state index in [4.69, 9.17) is 11.6 Å². The SMILES string of the molecule is O=C(CCN1C(=O)[C@H]2CCCC[C@H]2C1=O)Nc1ccc(Cl)cn1. The van der Waals surface area contributed by atoms with E-state index >= 15 is 0 Å². The molecule has 1 saturated heterocycles. The minimum atomic E-state index is -0.282. The van der Waals surface area contributed by atoms with Crippen LogP contribution in [0.1, 0.15) is 32.1 Å². The normalized spacial score (nSPS) is 23.8. The topological polar surface area (TPSA) is 79.4 Å². The highest BCUT2D eigenvalue weighted by atomic mass is 35.5. The van der Waals surface area contributed by atoms with Crippen LogP contribution < -0.4 is 5.32 Å². The minimum absolute atomic E-state index is 0.0707. The van der Waals surface area contributed by atoms with E-state index in [0.717, 1.165) is 25.7 Å². The number of nitrogens with one attached hydrogen (secondary N) is 1. The summed E-state index contributed by atoms with van der Waals surface area (Å²) in [6.45, 7) is 0.129. The fraction of sp³-hybridized carbons (Fsp3) is 0.500. The van der Waals surface area contributed by atoms with Crippen molar-refractivity contribution in [2.75, 3.05) is 11.9 Å². The van der Waals surface area contributed by atoms with Crippen LogP contribution in [0.5, 0.6) is 0 Å². The highest BCUT2D eigenvalue weighted by molar-refractivity contribution is 6.30. The van der Waals surface area contributed by atoms with Gasteiger partial charge in [0.15, 0.2) is 0 Å². The van der Waals surface area contributed by atoms with Gasteiger partial charge in [-0.25, -0.2) is 4.98 Å². The molecule has 2 atom stereocenters. The maximum atomic E-state index is 12.3. The van der Waals surface area contributed by atoms with Gasteiger partial charge in [-0.15, -0.1) is 0 Å². The first kappa shape index (κ1) is 15.9. The van der Waals surface area contributed by atoms with E-state index in [1.807, 2.05) is 0 Å². The molecule has 1 aromatic heterocycles. The summed E-state index contributed by atoms with van der Waals surface area (Å²) >= 11 is 5.73. The molecule has 1 N–H and O–H groups in total. The van der Waals surface area contributed by atoms with Gasteiger partial charge in [0.1, 0.15) is 5.82 Å². The van der Waals surface area contributed by atoms with E-state index < -0.39 is 0 Å².